The lowest BCUT2D eigenvalue weighted by Crippen LogP contribution is -2.32. The molecule has 0 unspecified atom stereocenters. The van der Waals surface area contributed by atoms with E-state index in [1.54, 1.807) is 41.6 Å². The lowest BCUT2D eigenvalue weighted by Gasteiger charge is -2.23. The van der Waals surface area contributed by atoms with Crippen molar-refractivity contribution in [3.63, 3.8) is 0 Å². The predicted octanol–water partition coefficient (Wildman–Crippen LogP) is 3.77. The average molecular weight is 404 g/mol. The topological polar surface area (TPSA) is 92.0 Å². The third kappa shape index (κ3) is 4.44. The number of rotatable bonds is 7. The summed E-state index contributed by atoms with van der Waals surface area (Å²) in [5.41, 5.74) is 2.10. The Morgan fingerprint density at radius 3 is 2.46 bits per heavy atom. The molecule has 1 amide bonds. The Morgan fingerprint density at radius 2 is 1.93 bits per heavy atom. The van der Waals surface area contributed by atoms with Crippen LogP contribution in [0.1, 0.15) is 50.5 Å². The summed E-state index contributed by atoms with van der Waals surface area (Å²) in [7, 11) is -3.33. The summed E-state index contributed by atoms with van der Waals surface area (Å²) in [6.07, 6.45) is 4.76. The molecule has 1 aliphatic rings. The summed E-state index contributed by atoms with van der Waals surface area (Å²) in [6, 6.07) is 10.4. The lowest BCUT2D eigenvalue weighted by atomic mass is 9.99. The van der Waals surface area contributed by atoms with Crippen molar-refractivity contribution in [1.29, 1.82) is 0 Å². The van der Waals surface area contributed by atoms with Crippen molar-refractivity contribution < 1.29 is 17.6 Å². The molecular weight excluding hydrogens is 378 g/mol. The number of hydrogen-bond acceptors (Lipinski definition) is 5. The molecule has 0 aliphatic carbocycles. The lowest BCUT2D eigenvalue weighted by molar-refractivity contribution is -0.138. The van der Waals surface area contributed by atoms with E-state index >= 15 is 0 Å². The van der Waals surface area contributed by atoms with Gasteiger partial charge >= 0.3 is 0 Å². The van der Waals surface area contributed by atoms with E-state index in [1.165, 1.54) is 0 Å². The first-order chi connectivity index (χ1) is 13.3. The Hall–Kier alpha value is -2.61. The van der Waals surface area contributed by atoms with Gasteiger partial charge in [-0.1, -0.05) is 26.0 Å². The van der Waals surface area contributed by atoms with Gasteiger partial charge in [0, 0.05) is 18.0 Å². The molecular formula is C20H25N3O4S. The van der Waals surface area contributed by atoms with Gasteiger partial charge in [0.2, 0.25) is 15.9 Å². The highest BCUT2D eigenvalue weighted by atomic mass is 32.2. The van der Waals surface area contributed by atoms with Gasteiger partial charge < -0.3 is 4.42 Å². The van der Waals surface area contributed by atoms with Gasteiger partial charge in [-0.2, -0.15) is 5.10 Å². The highest BCUT2D eigenvalue weighted by Gasteiger charge is 2.36. The van der Waals surface area contributed by atoms with Gasteiger partial charge in [-0.15, -0.1) is 0 Å². The smallest absolute Gasteiger partial charge is 0.246 e. The van der Waals surface area contributed by atoms with Crippen LogP contribution in [0.4, 0.5) is 5.69 Å². The molecule has 150 valence electrons. The largest absolute Gasteiger partial charge is 0.467 e. The second kappa shape index (κ2) is 8.18. The molecule has 1 aromatic carbocycles. The fourth-order valence-corrected chi connectivity index (χ4v) is 3.92. The van der Waals surface area contributed by atoms with Crippen molar-refractivity contribution in [3.05, 3.63) is 54.0 Å². The molecule has 0 saturated carbocycles. The van der Waals surface area contributed by atoms with Crippen molar-refractivity contribution in [1.82, 2.24) is 5.01 Å². The SMILES string of the molecule is CCC(CC)C(=O)N1N=C(c2ccc(NS(C)(=O)=O)cc2)C[C@@H]1c1ccco1. The molecule has 0 fully saturated rings. The van der Waals surface area contributed by atoms with Crippen molar-refractivity contribution in [3.8, 4) is 0 Å². The van der Waals surface area contributed by atoms with Gasteiger partial charge in [0.25, 0.3) is 0 Å². The zero-order valence-electron chi connectivity index (χ0n) is 16.3. The van der Waals surface area contributed by atoms with Crippen LogP contribution in [0.5, 0.6) is 0 Å². The van der Waals surface area contributed by atoms with E-state index in [9.17, 15) is 13.2 Å². The fraction of sp³-hybridized carbons (Fsp3) is 0.400. The van der Waals surface area contributed by atoms with Crippen LogP contribution >= 0.6 is 0 Å². The number of furan rings is 1. The van der Waals surface area contributed by atoms with E-state index in [2.05, 4.69) is 9.82 Å². The number of nitrogens with zero attached hydrogens (tertiary/aromatic N) is 2. The number of hydrazone groups is 1. The number of nitrogens with one attached hydrogen (secondary N) is 1. The molecule has 2 heterocycles. The molecule has 0 radical (unpaired) electrons. The minimum Gasteiger partial charge on any atom is -0.467 e. The highest BCUT2D eigenvalue weighted by molar-refractivity contribution is 7.92. The number of amides is 1. The zero-order chi connectivity index (χ0) is 20.3. The van der Waals surface area contributed by atoms with Gasteiger partial charge in [0.05, 0.1) is 18.2 Å². The van der Waals surface area contributed by atoms with E-state index in [4.69, 9.17) is 4.42 Å². The van der Waals surface area contributed by atoms with Gasteiger partial charge in [-0.3, -0.25) is 9.52 Å². The maximum absolute atomic E-state index is 13.0. The number of carbonyl (C=O) groups excluding carboxylic acids is 1. The van der Waals surface area contributed by atoms with E-state index in [0.717, 1.165) is 30.4 Å². The monoisotopic (exact) mass is 403 g/mol. The third-order valence-electron chi connectivity index (χ3n) is 4.86. The first kappa shape index (κ1) is 20.1. The second-order valence-corrected chi connectivity index (χ2v) is 8.68. The Bertz CT molecular complexity index is 946. The van der Waals surface area contributed by atoms with Crippen LogP contribution in [0.3, 0.4) is 0 Å². The minimum absolute atomic E-state index is 0.00300. The Balaban J connectivity index is 1.88. The number of benzene rings is 1. The van der Waals surface area contributed by atoms with Crippen LogP contribution < -0.4 is 4.72 Å². The molecule has 1 atom stereocenters. The van der Waals surface area contributed by atoms with Gasteiger partial charge in [-0.25, -0.2) is 13.4 Å². The van der Waals surface area contributed by atoms with Crippen LogP contribution in [0.2, 0.25) is 0 Å². The summed E-state index contributed by atoms with van der Waals surface area (Å²) in [5, 5.41) is 6.17. The van der Waals surface area contributed by atoms with Crippen LogP contribution in [0.25, 0.3) is 0 Å². The third-order valence-corrected chi connectivity index (χ3v) is 5.47. The van der Waals surface area contributed by atoms with Crippen LogP contribution in [-0.4, -0.2) is 31.3 Å². The first-order valence-corrected chi connectivity index (χ1v) is 11.2. The fourth-order valence-electron chi connectivity index (χ4n) is 3.36. The molecule has 1 aromatic heterocycles. The van der Waals surface area contributed by atoms with Crippen LogP contribution in [0, 0.1) is 5.92 Å². The molecule has 0 spiro atoms. The zero-order valence-corrected chi connectivity index (χ0v) is 17.1. The van der Waals surface area contributed by atoms with Crippen molar-refractivity contribution in [2.75, 3.05) is 11.0 Å². The summed E-state index contributed by atoms with van der Waals surface area (Å²) < 4.78 is 30.7. The molecule has 3 rings (SSSR count). The summed E-state index contributed by atoms with van der Waals surface area (Å²) in [4.78, 5) is 13.0. The Morgan fingerprint density at radius 1 is 1.25 bits per heavy atom. The molecule has 28 heavy (non-hydrogen) atoms. The summed E-state index contributed by atoms with van der Waals surface area (Å²) >= 11 is 0. The Labute approximate surface area is 165 Å². The number of carbonyl (C=O) groups is 1. The molecule has 1 N–H and O–H groups in total. The quantitative estimate of drug-likeness (QED) is 0.762. The van der Waals surface area contributed by atoms with E-state index in [-0.39, 0.29) is 17.9 Å². The molecule has 0 saturated heterocycles. The molecule has 1 aliphatic heterocycles. The maximum atomic E-state index is 13.0. The predicted molar refractivity (Wildman–Crippen MR) is 108 cm³/mol. The Kier molecular flexibility index (Phi) is 5.88. The van der Waals surface area contributed by atoms with Gasteiger partial charge in [-0.05, 0) is 42.7 Å². The van der Waals surface area contributed by atoms with E-state index in [1.807, 2.05) is 19.9 Å². The van der Waals surface area contributed by atoms with Gasteiger partial charge in [0.1, 0.15) is 11.8 Å². The number of sulfonamides is 1. The first-order valence-electron chi connectivity index (χ1n) is 9.34. The highest BCUT2D eigenvalue weighted by Crippen LogP contribution is 2.35. The number of hydrogen-bond donors (Lipinski definition) is 1. The summed E-state index contributed by atoms with van der Waals surface area (Å²) in [5.74, 6) is 0.618. The van der Waals surface area contributed by atoms with E-state index < -0.39 is 10.0 Å². The standard InChI is InChI=1S/C20H25N3O4S/c1-4-14(5-2)20(24)23-18(19-7-6-12-27-19)13-17(21-23)15-8-10-16(11-9-15)22-28(3,25)26/h6-12,14,18,22H,4-5,13H2,1-3H3/t18-/m1/s1. The van der Waals surface area contributed by atoms with Crippen LogP contribution in [-0.2, 0) is 14.8 Å². The van der Waals surface area contributed by atoms with Crippen molar-refractivity contribution in [2.45, 2.75) is 39.2 Å². The summed E-state index contributed by atoms with van der Waals surface area (Å²) in [6.45, 7) is 4.00. The van der Waals surface area contributed by atoms with Crippen molar-refractivity contribution in [2.24, 2.45) is 11.0 Å². The number of anilines is 1. The minimum atomic E-state index is -3.33. The molecule has 0 bridgehead atoms. The molecule has 2 aromatic rings. The van der Waals surface area contributed by atoms with E-state index in [0.29, 0.717) is 17.9 Å². The van der Waals surface area contributed by atoms with Crippen molar-refractivity contribution >= 4 is 27.3 Å². The van der Waals surface area contributed by atoms with Gasteiger partial charge in [0.15, 0.2) is 0 Å². The van der Waals surface area contributed by atoms with Crippen LogP contribution in [0.15, 0.2) is 52.2 Å². The maximum Gasteiger partial charge on any atom is 0.246 e. The molecule has 7 nitrogen and oxygen atoms in total. The normalized spacial score (nSPS) is 17.1. The average Bonchev–Trinajstić information content (AvgIpc) is 3.31. The second-order valence-electron chi connectivity index (χ2n) is 6.93. The molecule has 8 heteroatoms.